The summed E-state index contributed by atoms with van der Waals surface area (Å²) >= 11 is 0. The number of nitrogens with zero attached hydrogens (tertiary/aromatic N) is 1. The Hall–Kier alpha value is -2.12. The lowest BCUT2D eigenvalue weighted by Crippen LogP contribution is -2.50. The van der Waals surface area contributed by atoms with Crippen LogP contribution in [0.25, 0.3) is 0 Å². The fraction of sp³-hybridized carbons (Fsp3) is 0.467. The summed E-state index contributed by atoms with van der Waals surface area (Å²) in [7, 11) is 0. The molecule has 0 radical (unpaired) electrons. The number of aliphatic carboxylic acids is 1. The molecule has 2 N–H and O–H groups in total. The number of rotatable bonds is 5. The second kappa shape index (κ2) is 6.33. The third-order valence-electron chi connectivity index (χ3n) is 3.83. The van der Waals surface area contributed by atoms with Gasteiger partial charge in [0.25, 0.3) is 0 Å². The summed E-state index contributed by atoms with van der Waals surface area (Å²) in [5, 5.41) is 11.7. The number of carbonyl (C=O) groups is 2. The maximum Gasteiger partial charge on any atom is 0.341 e. The van der Waals surface area contributed by atoms with Crippen LogP contribution in [0.5, 0.6) is 5.75 Å². The van der Waals surface area contributed by atoms with Gasteiger partial charge < -0.3 is 19.9 Å². The maximum absolute atomic E-state index is 11.3. The minimum absolute atomic E-state index is 0.0183. The molecule has 2 aliphatic heterocycles. The van der Waals surface area contributed by atoms with Crippen molar-refractivity contribution in [3.05, 3.63) is 29.8 Å². The SMILES string of the molecule is O=C(O)COc1ccccc1CN1C[C@@H]2NC(=O)CO[C@H]2C1. The lowest BCUT2D eigenvalue weighted by atomic mass is 10.2. The maximum atomic E-state index is 11.3. The van der Waals surface area contributed by atoms with Crippen LogP contribution in [0.3, 0.4) is 0 Å². The molecule has 1 amide bonds. The first-order valence-electron chi connectivity index (χ1n) is 7.17. The fourth-order valence-electron chi connectivity index (χ4n) is 2.88. The molecule has 0 saturated carbocycles. The smallest absolute Gasteiger partial charge is 0.341 e. The van der Waals surface area contributed by atoms with Crippen molar-refractivity contribution in [1.82, 2.24) is 10.2 Å². The molecule has 1 aromatic rings. The van der Waals surface area contributed by atoms with Crippen LogP contribution in [0, 0.1) is 0 Å². The molecule has 22 heavy (non-hydrogen) atoms. The normalized spacial score (nSPS) is 24.6. The van der Waals surface area contributed by atoms with Gasteiger partial charge in [0, 0.05) is 25.2 Å². The number of morpholine rings is 1. The predicted octanol–water partition coefficient (Wildman–Crippen LogP) is -0.151. The fourth-order valence-corrected chi connectivity index (χ4v) is 2.88. The van der Waals surface area contributed by atoms with Gasteiger partial charge in [-0.1, -0.05) is 18.2 Å². The number of amides is 1. The Morgan fingerprint density at radius 3 is 3.05 bits per heavy atom. The molecule has 2 heterocycles. The first-order chi connectivity index (χ1) is 10.6. The van der Waals surface area contributed by atoms with Gasteiger partial charge in [-0.15, -0.1) is 0 Å². The summed E-state index contributed by atoms with van der Waals surface area (Å²) in [4.78, 5) is 24.2. The Morgan fingerprint density at radius 1 is 1.41 bits per heavy atom. The van der Waals surface area contributed by atoms with Crippen molar-refractivity contribution in [2.24, 2.45) is 0 Å². The van der Waals surface area contributed by atoms with Gasteiger partial charge in [-0.3, -0.25) is 9.69 Å². The van der Waals surface area contributed by atoms with E-state index in [1.54, 1.807) is 6.07 Å². The van der Waals surface area contributed by atoms with Gasteiger partial charge in [0.1, 0.15) is 12.4 Å². The minimum Gasteiger partial charge on any atom is -0.482 e. The molecule has 7 nitrogen and oxygen atoms in total. The van der Waals surface area contributed by atoms with Crippen LogP contribution in [0.4, 0.5) is 0 Å². The summed E-state index contributed by atoms with van der Waals surface area (Å²) in [6.07, 6.45) is 0.0183. The van der Waals surface area contributed by atoms with E-state index in [2.05, 4.69) is 10.2 Å². The highest BCUT2D eigenvalue weighted by Crippen LogP contribution is 2.24. The van der Waals surface area contributed by atoms with Crippen molar-refractivity contribution in [3.63, 3.8) is 0 Å². The quantitative estimate of drug-likeness (QED) is 0.786. The van der Waals surface area contributed by atoms with Gasteiger partial charge in [-0.25, -0.2) is 4.79 Å². The van der Waals surface area contributed by atoms with Crippen LogP contribution in [-0.2, 0) is 20.9 Å². The van der Waals surface area contributed by atoms with Crippen LogP contribution in [0.15, 0.2) is 24.3 Å². The molecule has 2 aliphatic rings. The minimum atomic E-state index is -1.00. The summed E-state index contributed by atoms with van der Waals surface area (Å²) in [6.45, 7) is 1.83. The zero-order valence-corrected chi connectivity index (χ0v) is 12.0. The van der Waals surface area contributed by atoms with Crippen LogP contribution in [0.1, 0.15) is 5.56 Å². The Kier molecular flexibility index (Phi) is 4.26. The van der Waals surface area contributed by atoms with Crippen LogP contribution >= 0.6 is 0 Å². The van der Waals surface area contributed by atoms with E-state index in [0.717, 1.165) is 12.1 Å². The monoisotopic (exact) mass is 306 g/mol. The van der Waals surface area contributed by atoms with E-state index >= 15 is 0 Å². The van der Waals surface area contributed by atoms with Crippen molar-refractivity contribution < 1.29 is 24.2 Å². The first-order valence-corrected chi connectivity index (χ1v) is 7.17. The molecule has 0 aromatic heterocycles. The second-order valence-corrected chi connectivity index (χ2v) is 5.51. The number of ether oxygens (including phenoxy) is 2. The van der Waals surface area contributed by atoms with Crippen molar-refractivity contribution in [2.45, 2.75) is 18.7 Å². The van der Waals surface area contributed by atoms with E-state index in [0.29, 0.717) is 18.8 Å². The molecular formula is C15H18N2O5. The van der Waals surface area contributed by atoms with Crippen molar-refractivity contribution >= 4 is 11.9 Å². The molecule has 2 atom stereocenters. The average Bonchev–Trinajstić information content (AvgIpc) is 2.87. The lowest BCUT2D eigenvalue weighted by molar-refractivity contribution is -0.139. The van der Waals surface area contributed by atoms with E-state index in [1.165, 1.54) is 0 Å². The highest BCUT2D eigenvalue weighted by molar-refractivity contribution is 5.78. The van der Waals surface area contributed by atoms with Crippen LogP contribution in [0.2, 0.25) is 0 Å². The Labute approximate surface area is 127 Å². The highest BCUT2D eigenvalue weighted by Gasteiger charge is 2.37. The Balaban J connectivity index is 1.64. The second-order valence-electron chi connectivity index (χ2n) is 5.51. The number of nitrogens with one attached hydrogen (secondary N) is 1. The topological polar surface area (TPSA) is 88.1 Å². The number of carboxylic acids is 1. The Morgan fingerprint density at radius 2 is 2.23 bits per heavy atom. The number of carbonyl (C=O) groups excluding carboxylic acids is 1. The van der Waals surface area contributed by atoms with Gasteiger partial charge in [0.15, 0.2) is 6.61 Å². The van der Waals surface area contributed by atoms with Crippen molar-refractivity contribution in [2.75, 3.05) is 26.3 Å². The summed E-state index contributed by atoms with van der Waals surface area (Å²) in [6, 6.07) is 7.41. The predicted molar refractivity (Wildman–Crippen MR) is 76.5 cm³/mol. The number of para-hydroxylation sites is 1. The third kappa shape index (κ3) is 3.37. The molecule has 2 fully saturated rings. The van der Waals surface area contributed by atoms with Gasteiger partial charge in [0.2, 0.25) is 5.91 Å². The van der Waals surface area contributed by atoms with Crippen LogP contribution < -0.4 is 10.1 Å². The summed E-state index contributed by atoms with van der Waals surface area (Å²) in [5.41, 5.74) is 0.925. The molecule has 0 aliphatic carbocycles. The molecule has 2 saturated heterocycles. The van der Waals surface area contributed by atoms with Gasteiger partial charge >= 0.3 is 5.97 Å². The van der Waals surface area contributed by atoms with Crippen LogP contribution in [-0.4, -0.2) is 60.3 Å². The number of likely N-dealkylation sites (tertiary alicyclic amines) is 1. The average molecular weight is 306 g/mol. The molecular weight excluding hydrogens is 288 g/mol. The van der Waals surface area contributed by atoms with E-state index in [9.17, 15) is 9.59 Å². The van der Waals surface area contributed by atoms with E-state index in [1.807, 2.05) is 18.2 Å². The van der Waals surface area contributed by atoms with Gasteiger partial charge in [-0.05, 0) is 6.07 Å². The number of benzene rings is 1. The summed E-state index contributed by atoms with van der Waals surface area (Å²) in [5.74, 6) is -0.504. The summed E-state index contributed by atoms with van der Waals surface area (Å²) < 4.78 is 10.8. The standard InChI is InChI=1S/C15H18N2O5/c18-14-8-21-13-7-17(6-11(13)16-14)5-10-3-1-2-4-12(10)22-9-15(19)20/h1-4,11,13H,5-9H2,(H,16,18)(H,19,20)/t11-,13-/m0/s1. The number of hydrogen-bond donors (Lipinski definition) is 2. The molecule has 1 aromatic carbocycles. The van der Waals surface area contributed by atoms with Crippen molar-refractivity contribution in [3.8, 4) is 5.75 Å². The van der Waals surface area contributed by atoms with E-state index in [4.69, 9.17) is 14.6 Å². The zero-order chi connectivity index (χ0) is 15.5. The molecule has 118 valence electrons. The molecule has 0 spiro atoms. The van der Waals surface area contributed by atoms with Gasteiger partial charge in [0.05, 0.1) is 12.1 Å². The van der Waals surface area contributed by atoms with Gasteiger partial charge in [-0.2, -0.15) is 0 Å². The largest absolute Gasteiger partial charge is 0.482 e. The Bertz CT molecular complexity index is 577. The first kappa shape index (κ1) is 14.8. The highest BCUT2D eigenvalue weighted by atomic mass is 16.5. The zero-order valence-electron chi connectivity index (χ0n) is 12.0. The number of fused-ring (bicyclic) bond motifs is 1. The number of carboxylic acid groups (broad SMARTS) is 1. The molecule has 0 unspecified atom stereocenters. The van der Waals surface area contributed by atoms with Crippen molar-refractivity contribution in [1.29, 1.82) is 0 Å². The lowest BCUT2D eigenvalue weighted by Gasteiger charge is -2.25. The molecule has 3 rings (SSSR count). The molecule has 7 heteroatoms. The number of hydrogen-bond acceptors (Lipinski definition) is 5. The van der Waals surface area contributed by atoms with E-state index in [-0.39, 0.29) is 31.3 Å². The van der Waals surface area contributed by atoms with E-state index < -0.39 is 5.97 Å². The molecule has 0 bridgehead atoms. The third-order valence-corrected chi connectivity index (χ3v) is 3.83.